The molecule has 2 amide bonds. The van der Waals surface area contributed by atoms with Crippen LogP contribution in [0.5, 0.6) is 0 Å². The van der Waals surface area contributed by atoms with Crippen LogP contribution in [0.15, 0.2) is 0 Å². The predicted octanol–water partition coefficient (Wildman–Crippen LogP) is 1.15. The van der Waals surface area contributed by atoms with Crippen LogP contribution in [0.2, 0.25) is 0 Å². The minimum atomic E-state index is -1.07. The molecule has 0 unspecified atom stereocenters. The number of nitrogens with zero attached hydrogens (tertiary/aromatic N) is 1. The van der Waals surface area contributed by atoms with Crippen LogP contribution in [0.25, 0.3) is 0 Å². The number of hydrogen-bond acceptors (Lipinski definition) is 2. The molecule has 5 nitrogen and oxygen atoms in total. The van der Waals surface area contributed by atoms with Crippen LogP contribution in [0.1, 0.15) is 26.7 Å². The zero-order chi connectivity index (χ0) is 13.3. The Morgan fingerprint density at radius 1 is 1.47 bits per heavy atom. The quantitative estimate of drug-likeness (QED) is 0.518. The Morgan fingerprint density at radius 3 is 2.59 bits per heavy atom. The maximum absolute atomic E-state index is 11.6. The third kappa shape index (κ3) is 8.14. The van der Waals surface area contributed by atoms with Gasteiger partial charge >= 0.3 is 12.0 Å². The summed E-state index contributed by atoms with van der Waals surface area (Å²) in [6.07, 6.45) is 6.97. The largest absolute Gasteiger partial charge is 0.480 e. The molecule has 0 radical (unpaired) electrons. The van der Waals surface area contributed by atoms with E-state index < -0.39 is 12.0 Å². The lowest BCUT2D eigenvalue weighted by atomic mass is 10.1. The van der Waals surface area contributed by atoms with E-state index >= 15 is 0 Å². The molecule has 0 rings (SSSR count). The SMILES string of the molecule is C#CCN(CC(=O)O)C(=O)NCCCC(C)C. The summed E-state index contributed by atoms with van der Waals surface area (Å²) in [6, 6.07) is -0.422. The van der Waals surface area contributed by atoms with Gasteiger partial charge in [0, 0.05) is 6.54 Å². The number of carboxylic acid groups (broad SMARTS) is 1. The summed E-state index contributed by atoms with van der Waals surface area (Å²) >= 11 is 0. The molecular weight excluding hydrogens is 220 g/mol. The van der Waals surface area contributed by atoms with Crippen LogP contribution >= 0.6 is 0 Å². The second-order valence-electron chi connectivity index (χ2n) is 4.22. The average Bonchev–Trinajstić information content (AvgIpc) is 2.22. The van der Waals surface area contributed by atoms with Crippen molar-refractivity contribution in [1.29, 1.82) is 0 Å². The van der Waals surface area contributed by atoms with Crippen molar-refractivity contribution in [2.24, 2.45) is 5.92 Å². The van der Waals surface area contributed by atoms with E-state index in [0.717, 1.165) is 17.7 Å². The topological polar surface area (TPSA) is 69.6 Å². The van der Waals surface area contributed by atoms with Crippen molar-refractivity contribution in [3.63, 3.8) is 0 Å². The standard InChI is InChI=1S/C12H20N2O3/c1-4-8-14(9-11(15)16)12(17)13-7-5-6-10(2)3/h1,10H,5-9H2,2-3H3,(H,13,17)(H,15,16). The van der Waals surface area contributed by atoms with Gasteiger partial charge in [-0.25, -0.2) is 4.79 Å². The molecule has 0 aromatic rings. The molecule has 5 heteroatoms. The van der Waals surface area contributed by atoms with Gasteiger partial charge in [-0.3, -0.25) is 4.79 Å². The summed E-state index contributed by atoms with van der Waals surface area (Å²) in [5.41, 5.74) is 0. The lowest BCUT2D eigenvalue weighted by Gasteiger charge is -2.18. The molecule has 96 valence electrons. The number of amides is 2. The summed E-state index contributed by atoms with van der Waals surface area (Å²) in [6.45, 7) is 4.38. The molecule has 0 saturated carbocycles. The lowest BCUT2D eigenvalue weighted by Crippen LogP contribution is -2.43. The third-order valence-corrected chi connectivity index (χ3v) is 2.13. The molecule has 0 atom stereocenters. The normalized spacial score (nSPS) is 9.76. The molecule has 0 fully saturated rings. The van der Waals surface area contributed by atoms with Crippen molar-refractivity contribution in [3.05, 3.63) is 0 Å². The van der Waals surface area contributed by atoms with E-state index in [1.807, 2.05) is 0 Å². The fourth-order valence-corrected chi connectivity index (χ4v) is 1.29. The average molecular weight is 240 g/mol. The van der Waals surface area contributed by atoms with Crippen LogP contribution in [-0.4, -0.2) is 41.6 Å². The highest BCUT2D eigenvalue weighted by atomic mass is 16.4. The number of carbonyl (C=O) groups excluding carboxylic acids is 1. The van der Waals surface area contributed by atoms with Crippen molar-refractivity contribution < 1.29 is 14.7 Å². The summed E-state index contributed by atoms with van der Waals surface area (Å²) in [5, 5.41) is 11.3. The Labute approximate surface area is 102 Å². The molecule has 0 aromatic heterocycles. The van der Waals surface area contributed by atoms with E-state index in [1.54, 1.807) is 0 Å². The van der Waals surface area contributed by atoms with E-state index in [-0.39, 0.29) is 13.1 Å². The van der Waals surface area contributed by atoms with Gasteiger partial charge in [0.05, 0.1) is 6.54 Å². The Hall–Kier alpha value is -1.70. The minimum Gasteiger partial charge on any atom is -0.480 e. The number of nitrogens with one attached hydrogen (secondary N) is 1. The van der Waals surface area contributed by atoms with Gasteiger partial charge < -0.3 is 15.3 Å². The monoisotopic (exact) mass is 240 g/mol. The molecule has 0 saturated heterocycles. The molecule has 0 aromatic carbocycles. The van der Waals surface area contributed by atoms with Crippen molar-refractivity contribution >= 4 is 12.0 Å². The first kappa shape index (κ1) is 15.3. The van der Waals surface area contributed by atoms with Crippen molar-refractivity contribution in [2.75, 3.05) is 19.6 Å². The minimum absolute atomic E-state index is 0.00230. The first-order valence-electron chi connectivity index (χ1n) is 5.65. The van der Waals surface area contributed by atoms with E-state index in [0.29, 0.717) is 12.5 Å². The number of aliphatic carboxylic acids is 1. The van der Waals surface area contributed by atoms with Gasteiger partial charge in [-0.2, -0.15) is 0 Å². The van der Waals surface area contributed by atoms with Crippen molar-refractivity contribution in [1.82, 2.24) is 10.2 Å². The number of hydrogen-bond donors (Lipinski definition) is 2. The Morgan fingerprint density at radius 2 is 2.12 bits per heavy atom. The fourth-order valence-electron chi connectivity index (χ4n) is 1.29. The molecule has 0 spiro atoms. The van der Waals surface area contributed by atoms with E-state index in [4.69, 9.17) is 11.5 Å². The van der Waals surface area contributed by atoms with Gasteiger partial charge in [0.25, 0.3) is 0 Å². The highest BCUT2D eigenvalue weighted by Gasteiger charge is 2.14. The number of terminal acetylenes is 1. The molecule has 0 aliphatic rings. The molecule has 2 N–H and O–H groups in total. The number of carboxylic acids is 1. The smallest absolute Gasteiger partial charge is 0.323 e. The van der Waals surface area contributed by atoms with Gasteiger partial charge in [0.2, 0.25) is 0 Å². The Balaban J connectivity index is 3.98. The Kier molecular flexibility index (Phi) is 7.61. The van der Waals surface area contributed by atoms with Crippen molar-refractivity contribution in [2.45, 2.75) is 26.7 Å². The summed E-state index contributed by atoms with van der Waals surface area (Å²) in [5.74, 6) is 1.78. The van der Waals surface area contributed by atoms with Crippen LogP contribution in [-0.2, 0) is 4.79 Å². The molecular formula is C12H20N2O3. The van der Waals surface area contributed by atoms with Gasteiger partial charge in [-0.1, -0.05) is 19.8 Å². The second-order valence-corrected chi connectivity index (χ2v) is 4.22. The first-order valence-corrected chi connectivity index (χ1v) is 5.65. The summed E-state index contributed by atoms with van der Waals surface area (Å²) < 4.78 is 0. The first-order chi connectivity index (χ1) is 7.97. The highest BCUT2D eigenvalue weighted by Crippen LogP contribution is 2.01. The van der Waals surface area contributed by atoms with Crippen LogP contribution in [0.4, 0.5) is 4.79 Å². The number of rotatable bonds is 7. The van der Waals surface area contributed by atoms with E-state index in [1.165, 1.54) is 0 Å². The zero-order valence-electron chi connectivity index (χ0n) is 10.4. The Bertz CT molecular complexity index is 295. The molecule has 0 aliphatic carbocycles. The van der Waals surface area contributed by atoms with Crippen molar-refractivity contribution in [3.8, 4) is 12.3 Å². The molecule has 17 heavy (non-hydrogen) atoms. The maximum Gasteiger partial charge on any atom is 0.323 e. The van der Waals surface area contributed by atoms with Crippen LogP contribution in [0, 0.1) is 18.3 Å². The van der Waals surface area contributed by atoms with Gasteiger partial charge in [-0.05, 0) is 18.8 Å². The van der Waals surface area contributed by atoms with Gasteiger partial charge in [0.15, 0.2) is 0 Å². The van der Waals surface area contributed by atoms with Gasteiger partial charge in [-0.15, -0.1) is 6.42 Å². The lowest BCUT2D eigenvalue weighted by molar-refractivity contribution is -0.137. The molecule has 0 aliphatic heterocycles. The summed E-state index contributed by atoms with van der Waals surface area (Å²) in [4.78, 5) is 23.2. The third-order valence-electron chi connectivity index (χ3n) is 2.13. The highest BCUT2D eigenvalue weighted by molar-refractivity contribution is 5.80. The predicted molar refractivity (Wildman–Crippen MR) is 65.5 cm³/mol. The molecule has 0 heterocycles. The van der Waals surface area contributed by atoms with Gasteiger partial charge in [0.1, 0.15) is 6.54 Å². The van der Waals surface area contributed by atoms with E-state index in [9.17, 15) is 9.59 Å². The number of carbonyl (C=O) groups is 2. The van der Waals surface area contributed by atoms with E-state index in [2.05, 4.69) is 25.1 Å². The second kappa shape index (κ2) is 8.45. The molecule has 0 bridgehead atoms. The zero-order valence-corrected chi connectivity index (χ0v) is 10.4. The van der Waals surface area contributed by atoms with Crippen LogP contribution in [0.3, 0.4) is 0 Å². The maximum atomic E-state index is 11.6. The fraction of sp³-hybridized carbons (Fsp3) is 0.667. The number of urea groups is 1. The summed E-state index contributed by atoms with van der Waals surface area (Å²) in [7, 11) is 0. The van der Waals surface area contributed by atoms with Crippen LogP contribution < -0.4 is 5.32 Å².